The van der Waals surface area contributed by atoms with Gasteiger partial charge in [0.25, 0.3) is 5.91 Å². The zero-order chi connectivity index (χ0) is 13.7. The summed E-state index contributed by atoms with van der Waals surface area (Å²) in [6.45, 7) is -0.166. The van der Waals surface area contributed by atoms with Crippen LogP contribution in [0.1, 0.15) is 0 Å². The van der Waals surface area contributed by atoms with E-state index in [9.17, 15) is 4.79 Å². The van der Waals surface area contributed by atoms with E-state index in [1.54, 1.807) is 42.6 Å². The SMILES string of the molecule is Nc1ncccc1OCC(=O)Nc1ccccc1Cl. The summed E-state index contributed by atoms with van der Waals surface area (Å²) in [4.78, 5) is 15.5. The number of anilines is 2. The fourth-order valence-electron chi connectivity index (χ4n) is 1.42. The van der Waals surface area contributed by atoms with Crippen LogP contribution in [0.15, 0.2) is 42.6 Å². The molecule has 1 aromatic heterocycles. The summed E-state index contributed by atoms with van der Waals surface area (Å²) < 4.78 is 5.27. The predicted octanol–water partition coefficient (Wildman–Crippen LogP) is 2.33. The van der Waals surface area contributed by atoms with Crippen LogP contribution in [0.25, 0.3) is 0 Å². The first-order chi connectivity index (χ1) is 9.16. The molecule has 1 heterocycles. The highest BCUT2D eigenvalue weighted by Crippen LogP contribution is 2.20. The Balaban J connectivity index is 1.92. The van der Waals surface area contributed by atoms with Crippen LogP contribution in [-0.2, 0) is 4.79 Å². The molecule has 0 atom stereocenters. The highest BCUT2D eigenvalue weighted by atomic mass is 35.5. The number of hydrogen-bond acceptors (Lipinski definition) is 4. The van der Waals surface area contributed by atoms with Gasteiger partial charge in [0.15, 0.2) is 18.2 Å². The van der Waals surface area contributed by atoms with Crippen LogP contribution in [0.4, 0.5) is 11.5 Å². The molecule has 19 heavy (non-hydrogen) atoms. The Hall–Kier alpha value is -2.27. The van der Waals surface area contributed by atoms with Crippen molar-refractivity contribution in [3.63, 3.8) is 0 Å². The van der Waals surface area contributed by atoms with Gasteiger partial charge >= 0.3 is 0 Å². The minimum absolute atomic E-state index is 0.166. The molecule has 1 amide bonds. The molecule has 0 saturated heterocycles. The van der Waals surface area contributed by atoms with Crippen molar-refractivity contribution in [2.75, 3.05) is 17.7 Å². The lowest BCUT2D eigenvalue weighted by Gasteiger charge is -2.09. The number of amides is 1. The summed E-state index contributed by atoms with van der Waals surface area (Å²) >= 11 is 5.93. The molecule has 0 radical (unpaired) electrons. The van der Waals surface area contributed by atoms with Crippen LogP contribution in [0, 0.1) is 0 Å². The largest absolute Gasteiger partial charge is 0.480 e. The van der Waals surface area contributed by atoms with Crippen LogP contribution < -0.4 is 15.8 Å². The van der Waals surface area contributed by atoms with Crippen LogP contribution in [0.3, 0.4) is 0 Å². The number of hydrogen-bond donors (Lipinski definition) is 2. The summed E-state index contributed by atoms with van der Waals surface area (Å²) in [5.74, 6) is 0.293. The smallest absolute Gasteiger partial charge is 0.262 e. The van der Waals surface area contributed by atoms with Gasteiger partial charge in [0.05, 0.1) is 10.7 Å². The molecular weight excluding hydrogens is 266 g/mol. The number of para-hydroxylation sites is 1. The summed E-state index contributed by atoms with van der Waals surface area (Å²) in [7, 11) is 0. The van der Waals surface area contributed by atoms with E-state index in [-0.39, 0.29) is 18.3 Å². The van der Waals surface area contributed by atoms with Gasteiger partial charge in [0, 0.05) is 6.20 Å². The topological polar surface area (TPSA) is 77.2 Å². The second-order valence-corrected chi connectivity index (χ2v) is 4.11. The first-order valence-corrected chi connectivity index (χ1v) is 5.92. The van der Waals surface area contributed by atoms with Gasteiger partial charge in [0.1, 0.15) is 0 Å². The Morgan fingerprint density at radius 2 is 2.11 bits per heavy atom. The van der Waals surface area contributed by atoms with E-state index in [4.69, 9.17) is 22.1 Å². The number of ether oxygens (including phenoxy) is 1. The van der Waals surface area contributed by atoms with Gasteiger partial charge in [-0.3, -0.25) is 4.79 Å². The zero-order valence-corrected chi connectivity index (χ0v) is 10.7. The number of nitrogens with zero attached hydrogens (tertiary/aromatic N) is 1. The van der Waals surface area contributed by atoms with Gasteiger partial charge in [-0.2, -0.15) is 0 Å². The minimum Gasteiger partial charge on any atom is -0.480 e. The second-order valence-electron chi connectivity index (χ2n) is 3.70. The van der Waals surface area contributed by atoms with Crippen LogP contribution in [0.5, 0.6) is 5.75 Å². The van der Waals surface area contributed by atoms with Crippen molar-refractivity contribution in [1.29, 1.82) is 0 Å². The van der Waals surface area contributed by atoms with Crippen molar-refractivity contribution < 1.29 is 9.53 Å². The van der Waals surface area contributed by atoms with Crippen molar-refractivity contribution in [2.24, 2.45) is 0 Å². The summed E-state index contributed by atoms with van der Waals surface area (Å²) in [5.41, 5.74) is 6.13. The number of carbonyl (C=O) groups excluding carboxylic acids is 1. The number of carbonyl (C=O) groups is 1. The maximum atomic E-state index is 11.7. The zero-order valence-electron chi connectivity index (χ0n) is 9.97. The number of nitrogen functional groups attached to an aromatic ring is 1. The van der Waals surface area contributed by atoms with E-state index in [0.29, 0.717) is 16.5 Å². The number of rotatable bonds is 4. The molecule has 1 aromatic carbocycles. The number of pyridine rings is 1. The van der Waals surface area contributed by atoms with Crippen LogP contribution in [0.2, 0.25) is 5.02 Å². The third kappa shape index (κ3) is 3.59. The van der Waals surface area contributed by atoms with Crippen molar-refractivity contribution in [1.82, 2.24) is 4.98 Å². The van der Waals surface area contributed by atoms with Crippen molar-refractivity contribution in [3.8, 4) is 5.75 Å². The minimum atomic E-state index is -0.323. The fourth-order valence-corrected chi connectivity index (χ4v) is 1.60. The highest BCUT2D eigenvalue weighted by Gasteiger charge is 2.07. The lowest BCUT2D eigenvalue weighted by atomic mass is 10.3. The quantitative estimate of drug-likeness (QED) is 0.899. The average Bonchev–Trinajstić information content (AvgIpc) is 2.40. The number of halogens is 1. The molecule has 0 saturated carbocycles. The number of nitrogens with one attached hydrogen (secondary N) is 1. The highest BCUT2D eigenvalue weighted by molar-refractivity contribution is 6.33. The maximum absolute atomic E-state index is 11.7. The predicted molar refractivity (Wildman–Crippen MR) is 74.2 cm³/mol. The van der Waals surface area contributed by atoms with E-state index >= 15 is 0 Å². The molecule has 5 nitrogen and oxygen atoms in total. The molecule has 0 aliphatic carbocycles. The van der Waals surface area contributed by atoms with Gasteiger partial charge in [-0.1, -0.05) is 23.7 Å². The molecule has 0 bridgehead atoms. The standard InChI is InChI=1S/C13H12ClN3O2/c14-9-4-1-2-5-10(9)17-12(18)8-19-11-6-3-7-16-13(11)15/h1-7H,8H2,(H2,15,16)(H,17,18). The van der Waals surface area contributed by atoms with Gasteiger partial charge in [-0.15, -0.1) is 0 Å². The third-order valence-electron chi connectivity index (χ3n) is 2.31. The Morgan fingerprint density at radius 3 is 2.84 bits per heavy atom. The Labute approximate surface area is 115 Å². The van der Waals surface area contributed by atoms with E-state index in [1.807, 2.05) is 0 Å². The average molecular weight is 278 g/mol. The van der Waals surface area contributed by atoms with Crippen molar-refractivity contribution in [2.45, 2.75) is 0 Å². The molecule has 0 unspecified atom stereocenters. The molecule has 2 aromatic rings. The number of benzene rings is 1. The Kier molecular flexibility index (Phi) is 4.20. The van der Waals surface area contributed by atoms with Crippen LogP contribution >= 0.6 is 11.6 Å². The molecular formula is C13H12ClN3O2. The summed E-state index contributed by atoms with van der Waals surface area (Å²) in [6, 6.07) is 10.3. The lowest BCUT2D eigenvalue weighted by molar-refractivity contribution is -0.118. The van der Waals surface area contributed by atoms with E-state index in [2.05, 4.69) is 10.3 Å². The molecule has 3 N–H and O–H groups in total. The Morgan fingerprint density at radius 1 is 1.32 bits per heavy atom. The fraction of sp³-hybridized carbons (Fsp3) is 0.0769. The first-order valence-electron chi connectivity index (χ1n) is 5.54. The monoisotopic (exact) mass is 277 g/mol. The second kappa shape index (κ2) is 6.06. The van der Waals surface area contributed by atoms with E-state index in [1.165, 1.54) is 0 Å². The van der Waals surface area contributed by atoms with Gasteiger partial charge in [-0.25, -0.2) is 4.98 Å². The number of aromatic nitrogens is 1. The van der Waals surface area contributed by atoms with Gasteiger partial charge in [0.2, 0.25) is 0 Å². The van der Waals surface area contributed by atoms with Gasteiger partial charge in [-0.05, 0) is 24.3 Å². The first kappa shape index (κ1) is 13.2. The molecule has 0 spiro atoms. The normalized spacial score (nSPS) is 9.95. The number of nitrogens with two attached hydrogens (primary N) is 1. The summed E-state index contributed by atoms with van der Waals surface area (Å²) in [6.07, 6.45) is 1.55. The molecule has 6 heteroatoms. The molecule has 0 aliphatic heterocycles. The van der Waals surface area contributed by atoms with Crippen LogP contribution in [-0.4, -0.2) is 17.5 Å². The summed E-state index contributed by atoms with van der Waals surface area (Å²) in [5, 5.41) is 3.11. The van der Waals surface area contributed by atoms with E-state index < -0.39 is 0 Å². The Bertz CT molecular complexity index is 590. The van der Waals surface area contributed by atoms with Crippen molar-refractivity contribution >= 4 is 29.0 Å². The molecule has 98 valence electrons. The van der Waals surface area contributed by atoms with E-state index in [0.717, 1.165) is 0 Å². The molecule has 2 rings (SSSR count). The van der Waals surface area contributed by atoms with Crippen molar-refractivity contribution in [3.05, 3.63) is 47.6 Å². The molecule has 0 aliphatic rings. The lowest BCUT2D eigenvalue weighted by Crippen LogP contribution is -2.20. The molecule has 0 fully saturated rings. The maximum Gasteiger partial charge on any atom is 0.262 e. The van der Waals surface area contributed by atoms with Gasteiger partial charge < -0.3 is 15.8 Å². The third-order valence-corrected chi connectivity index (χ3v) is 2.64.